The Bertz CT molecular complexity index is 483. The van der Waals surface area contributed by atoms with Crippen molar-refractivity contribution >= 4 is 5.91 Å². The van der Waals surface area contributed by atoms with E-state index in [4.69, 9.17) is 4.74 Å². The standard InChI is InChI=1S/C14H18N2O3/c17-12-4-2-1-3-11(12)7-16-13(18)8-19-10-14(16)5-6-15-9-14/h1-4,15,17H,5-10H2. The molecule has 5 nitrogen and oxygen atoms in total. The van der Waals surface area contributed by atoms with E-state index < -0.39 is 0 Å². The topological polar surface area (TPSA) is 61.8 Å². The van der Waals surface area contributed by atoms with Gasteiger partial charge in [0.25, 0.3) is 0 Å². The van der Waals surface area contributed by atoms with E-state index in [9.17, 15) is 9.90 Å². The van der Waals surface area contributed by atoms with E-state index >= 15 is 0 Å². The molecule has 19 heavy (non-hydrogen) atoms. The Morgan fingerprint density at radius 3 is 3.00 bits per heavy atom. The highest BCUT2D eigenvalue weighted by Crippen LogP contribution is 2.30. The summed E-state index contributed by atoms with van der Waals surface area (Å²) >= 11 is 0. The first-order valence-electron chi connectivity index (χ1n) is 6.57. The number of rotatable bonds is 2. The molecule has 2 fully saturated rings. The monoisotopic (exact) mass is 262 g/mol. The van der Waals surface area contributed by atoms with Crippen LogP contribution in [0.1, 0.15) is 12.0 Å². The summed E-state index contributed by atoms with van der Waals surface area (Å²) in [6.07, 6.45) is 0.895. The number of hydrogen-bond donors (Lipinski definition) is 2. The van der Waals surface area contributed by atoms with Crippen LogP contribution in [0.25, 0.3) is 0 Å². The molecule has 0 bridgehead atoms. The number of nitrogens with zero attached hydrogens (tertiary/aromatic N) is 1. The molecule has 3 rings (SSSR count). The molecule has 2 aliphatic rings. The molecule has 0 aliphatic carbocycles. The van der Waals surface area contributed by atoms with Gasteiger partial charge < -0.3 is 20.1 Å². The SMILES string of the molecule is O=C1COCC2(CCNC2)N1Cc1ccccc1O. The van der Waals surface area contributed by atoms with Crippen molar-refractivity contribution in [3.63, 3.8) is 0 Å². The molecule has 1 amide bonds. The molecule has 1 aromatic carbocycles. The number of benzene rings is 1. The molecule has 1 atom stereocenters. The summed E-state index contributed by atoms with van der Waals surface area (Å²) in [5.74, 6) is 0.237. The quantitative estimate of drug-likeness (QED) is 0.814. The summed E-state index contributed by atoms with van der Waals surface area (Å²) in [4.78, 5) is 14.0. The van der Waals surface area contributed by atoms with Gasteiger partial charge in [-0.05, 0) is 19.0 Å². The predicted molar refractivity (Wildman–Crippen MR) is 69.7 cm³/mol. The van der Waals surface area contributed by atoms with Gasteiger partial charge in [0.15, 0.2) is 0 Å². The van der Waals surface area contributed by atoms with Crippen molar-refractivity contribution in [3.8, 4) is 5.75 Å². The fourth-order valence-electron chi connectivity index (χ4n) is 2.90. The van der Waals surface area contributed by atoms with E-state index in [0.29, 0.717) is 13.2 Å². The zero-order valence-electron chi connectivity index (χ0n) is 10.8. The first-order valence-corrected chi connectivity index (χ1v) is 6.57. The zero-order chi connectivity index (χ0) is 13.3. The summed E-state index contributed by atoms with van der Waals surface area (Å²) in [5, 5.41) is 13.2. The van der Waals surface area contributed by atoms with Crippen LogP contribution in [-0.2, 0) is 16.1 Å². The average Bonchev–Trinajstić information content (AvgIpc) is 2.86. The highest BCUT2D eigenvalue weighted by Gasteiger charge is 2.45. The number of carbonyl (C=O) groups excluding carboxylic acids is 1. The normalized spacial score (nSPS) is 27.2. The second-order valence-corrected chi connectivity index (χ2v) is 5.25. The van der Waals surface area contributed by atoms with Crippen molar-refractivity contribution < 1.29 is 14.6 Å². The average molecular weight is 262 g/mol. The van der Waals surface area contributed by atoms with Crippen LogP contribution >= 0.6 is 0 Å². The number of nitrogens with one attached hydrogen (secondary N) is 1. The number of hydrogen-bond acceptors (Lipinski definition) is 4. The van der Waals surface area contributed by atoms with Crippen LogP contribution in [0.15, 0.2) is 24.3 Å². The third-order valence-electron chi connectivity index (χ3n) is 4.01. The number of carbonyl (C=O) groups is 1. The van der Waals surface area contributed by atoms with Crippen molar-refractivity contribution in [1.82, 2.24) is 10.2 Å². The molecule has 0 aromatic heterocycles. The smallest absolute Gasteiger partial charge is 0.249 e. The molecular weight excluding hydrogens is 244 g/mol. The second kappa shape index (κ2) is 4.83. The van der Waals surface area contributed by atoms with Gasteiger partial charge in [-0.15, -0.1) is 0 Å². The van der Waals surface area contributed by atoms with Gasteiger partial charge in [0.05, 0.1) is 18.7 Å². The van der Waals surface area contributed by atoms with E-state index in [1.807, 2.05) is 17.0 Å². The summed E-state index contributed by atoms with van der Waals surface area (Å²) in [7, 11) is 0. The number of phenolic OH excluding ortho intramolecular Hbond substituents is 1. The minimum atomic E-state index is -0.252. The predicted octanol–water partition coefficient (Wildman–Crippen LogP) is 0.483. The fourth-order valence-corrected chi connectivity index (χ4v) is 2.90. The van der Waals surface area contributed by atoms with E-state index in [-0.39, 0.29) is 23.8 Å². The Balaban J connectivity index is 1.87. The highest BCUT2D eigenvalue weighted by atomic mass is 16.5. The van der Waals surface area contributed by atoms with Crippen molar-refractivity contribution in [3.05, 3.63) is 29.8 Å². The van der Waals surface area contributed by atoms with Crippen LogP contribution in [0.2, 0.25) is 0 Å². The van der Waals surface area contributed by atoms with Crippen LogP contribution in [0, 0.1) is 0 Å². The van der Waals surface area contributed by atoms with E-state index in [1.54, 1.807) is 12.1 Å². The van der Waals surface area contributed by atoms with Crippen molar-refractivity contribution in [2.24, 2.45) is 0 Å². The largest absolute Gasteiger partial charge is 0.508 e. The van der Waals surface area contributed by atoms with Gasteiger partial charge in [-0.2, -0.15) is 0 Å². The summed E-state index contributed by atoms with van der Waals surface area (Å²) in [6.45, 7) is 2.80. The van der Waals surface area contributed by atoms with Gasteiger partial charge in [0.1, 0.15) is 12.4 Å². The molecule has 2 saturated heterocycles. The van der Waals surface area contributed by atoms with Crippen molar-refractivity contribution in [2.45, 2.75) is 18.5 Å². The first kappa shape index (κ1) is 12.4. The molecule has 1 spiro atoms. The van der Waals surface area contributed by atoms with Gasteiger partial charge >= 0.3 is 0 Å². The number of morpholine rings is 1. The van der Waals surface area contributed by atoms with Gasteiger partial charge in [-0.25, -0.2) is 0 Å². The zero-order valence-corrected chi connectivity index (χ0v) is 10.8. The van der Waals surface area contributed by atoms with Gasteiger partial charge in [-0.3, -0.25) is 4.79 Å². The van der Waals surface area contributed by atoms with Crippen molar-refractivity contribution in [1.29, 1.82) is 0 Å². The maximum atomic E-state index is 12.2. The molecule has 2 N–H and O–H groups in total. The van der Waals surface area contributed by atoms with Gasteiger partial charge in [0, 0.05) is 12.1 Å². The fraction of sp³-hybridized carbons (Fsp3) is 0.500. The van der Waals surface area contributed by atoms with Crippen LogP contribution in [0.3, 0.4) is 0 Å². The Kier molecular flexibility index (Phi) is 3.16. The molecule has 102 valence electrons. The van der Waals surface area contributed by atoms with E-state index in [1.165, 1.54) is 0 Å². The summed E-state index contributed by atoms with van der Waals surface area (Å²) < 4.78 is 5.42. The van der Waals surface area contributed by atoms with Crippen LogP contribution in [0.5, 0.6) is 5.75 Å². The summed E-state index contributed by atoms with van der Waals surface area (Å²) in [5.41, 5.74) is 0.529. The van der Waals surface area contributed by atoms with Crippen LogP contribution in [0.4, 0.5) is 0 Å². The van der Waals surface area contributed by atoms with E-state index in [0.717, 1.165) is 25.1 Å². The lowest BCUT2D eigenvalue weighted by Gasteiger charge is -2.44. The minimum absolute atomic E-state index is 0.00166. The second-order valence-electron chi connectivity index (χ2n) is 5.25. The molecule has 1 unspecified atom stereocenters. The number of ether oxygens (including phenoxy) is 1. The Labute approximate surface area is 112 Å². The van der Waals surface area contributed by atoms with Crippen LogP contribution in [-0.4, -0.2) is 47.8 Å². The molecule has 5 heteroatoms. The lowest BCUT2D eigenvalue weighted by molar-refractivity contribution is -0.157. The minimum Gasteiger partial charge on any atom is -0.508 e. The van der Waals surface area contributed by atoms with Gasteiger partial charge in [-0.1, -0.05) is 18.2 Å². The van der Waals surface area contributed by atoms with Gasteiger partial charge in [0.2, 0.25) is 5.91 Å². The molecule has 2 aliphatic heterocycles. The maximum absolute atomic E-state index is 12.2. The number of para-hydroxylation sites is 1. The summed E-state index contributed by atoms with van der Waals surface area (Å²) in [6, 6.07) is 7.17. The molecule has 2 heterocycles. The first-order chi connectivity index (χ1) is 9.21. The number of aromatic hydroxyl groups is 1. The lowest BCUT2D eigenvalue weighted by atomic mass is 9.94. The van der Waals surface area contributed by atoms with Crippen molar-refractivity contribution in [2.75, 3.05) is 26.3 Å². The molecule has 0 saturated carbocycles. The molecule has 1 aromatic rings. The highest BCUT2D eigenvalue weighted by molar-refractivity contribution is 5.79. The molecule has 0 radical (unpaired) electrons. The lowest BCUT2D eigenvalue weighted by Crippen LogP contribution is -2.60. The molecular formula is C14H18N2O3. The number of phenols is 1. The Morgan fingerprint density at radius 2 is 2.26 bits per heavy atom. The Hall–Kier alpha value is -1.59. The van der Waals surface area contributed by atoms with Crippen LogP contribution < -0.4 is 5.32 Å². The Morgan fingerprint density at radius 1 is 1.42 bits per heavy atom. The maximum Gasteiger partial charge on any atom is 0.249 e. The van der Waals surface area contributed by atoms with E-state index in [2.05, 4.69) is 5.32 Å². The number of amides is 1. The third-order valence-corrected chi connectivity index (χ3v) is 4.01. The third kappa shape index (κ3) is 2.19.